The summed E-state index contributed by atoms with van der Waals surface area (Å²) in [5, 5.41) is 6.52. The van der Waals surface area contributed by atoms with Crippen LogP contribution in [-0.2, 0) is 0 Å². The summed E-state index contributed by atoms with van der Waals surface area (Å²) in [4.78, 5) is 8.73. The van der Waals surface area contributed by atoms with Crippen molar-refractivity contribution < 1.29 is 0 Å². The van der Waals surface area contributed by atoms with E-state index in [0.717, 1.165) is 37.9 Å². The fraction of sp³-hybridized carbons (Fsp3) is 0.750. The van der Waals surface area contributed by atoms with Crippen molar-refractivity contribution in [1.29, 1.82) is 0 Å². The van der Waals surface area contributed by atoms with E-state index in [9.17, 15) is 0 Å². The summed E-state index contributed by atoms with van der Waals surface area (Å²) < 4.78 is 0. The molecular weight excluding hydrogens is 152 g/mol. The van der Waals surface area contributed by atoms with Gasteiger partial charge < -0.3 is 10.6 Å². The van der Waals surface area contributed by atoms with Crippen molar-refractivity contribution in [1.82, 2.24) is 10.6 Å². The zero-order chi connectivity index (χ0) is 8.39. The van der Waals surface area contributed by atoms with E-state index >= 15 is 0 Å². The Morgan fingerprint density at radius 2 is 1.58 bits per heavy atom. The number of rotatable bonds is 2. The van der Waals surface area contributed by atoms with E-state index in [2.05, 4.69) is 27.5 Å². The molecule has 0 saturated heterocycles. The predicted octanol–water partition coefficient (Wildman–Crippen LogP) is -0.374. The van der Waals surface area contributed by atoms with Crippen molar-refractivity contribution in [3.63, 3.8) is 0 Å². The van der Waals surface area contributed by atoms with Gasteiger partial charge in [0.05, 0.1) is 19.0 Å². The van der Waals surface area contributed by atoms with Gasteiger partial charge in [-0.1, -0.05) is 0 Å². The molecule has 0 aromatic carbocycles. The number of hydrogen-bond donors (Lipinski definition) is 2. The molecule has 4 heteroatoms. The Bertz CT molecular complexity index is 207. The van der Waals surface area contributed by atoms with Crippen LogP contribution in [0.4, 0.5) is 0 Å². The average Bonchev–Trinajstić information content (AvgIpc) is 2.77. The summed E-state index contributed by atoms with van der Waals surface area (Å²) in [6.45, 7) is 5.91. The van der Waals surface area contributed by atoms with Crippen molar-refractivity contribution >= 4 is 11.7 Å². The average molecular weight is 166 g/mol. The van der Waals surface area contributed by atoms with Gasteiger partial charge in [-0.15, -0.1) is 0 Å². The number of nitrogens with one attached hydrogen (secondary N) is 2. The van der Waals surface area contributed by atoms with Crippen molar-refractivity contribution in [2.75, 3.05) is 26.2 Å². The molecule has 0 aromatic rings. The third-order valence-corrected chi connectivity index (χ3v) is 2.22. The van der Waals surface area contributed by atoms with E-state index in [1.54, 1.807) is 0 Å². The molecule has 0 unspecified atom stereocenters. The largest absolute Gasteiger partial charge is 0.371 e. The van der Waals surface area contributed by atoms with Crippen LogP contribution in [-0.4, -0.2) is 37.9 Å². The molecule has 66 valence electrons. The van der Waals surface area contributed by atoms with Crippen molar-refractivity contribution in [2.45, 2.75) is 6.92 Å². The number of amidine groups is 2. The Morgan fingerprint density at radius 1 is 1.08 bits per heavy atom. The maximum Gasteiger partial charge on any atom is 0.107 e. The van der Waals surface area contributed by atoms with Crippen LogP contribution in [0.25, 0.3) is 0 Å². The Kier molecular flexibility index (Phi) is 1.98. The highest BCUT2D eigenvalue weighted by molar-refractivity contribution is 6.06. The molecule has 0 fully saturated rings. The standard InChI is InChI=1S/C8H14N4/c1-6(7-9-2-3-10-7)8-11-4-5-12-8/h6H,2-5H2,1H3,(H,9,10)(H,11,12). The molecule has 0 bridgehead atoms. The van der Waals surface area contributed by atoms with Crippen LogP contribution >= 0.6 is 0 Å². The highest BCUT2D eigenvalue weighted by atomic mass is 15.1. The SMILES string of the molecule is CC(C1=NCCN1)C1=NCCN1. The lowest BCUT2D eigenvalue weighted by Gasteiger charge is -2.12. The van der Waals surface area contributed by atoms with Crippen LogP contribution in [0.2, 0.25) is 0 Å². The summed E-state index contributed by atoms with van der Waals surface area (Å²) in [6.07, 6.45) is 0. The minimum atomic E-state index is 0.329. The first kappa shape index (κ1) is 7.58. The lowest BCUT2D eigenvalue weighted by Crippen LogP contribution is -2.35. The molecule has 0 aliphatic carbocycles. The van der Waals surface area contributed by atoms with E-state index in [1.807, 2.05) is 0 Å². The second kappa shape index (κ2) is 3.13. The van der Waals surface area contributed by atoms with Crippen LogP contribution in [0.1, 0.15) is 6.92 Å². The van der Waals surface area contributed by atoms with Crippen LogP contribution in [0.3, 0.4) is 0 Å². The van der Waals surface area contributed by atoms with E-state index in [-0.39, 0.29) is 0 Å². The number of nitrogens with zero attached hydrogens (tertiary/aromatic N) is 2. The van der Waals surface area contributed by atoms with Crippen LogP contribution in [0.15, 0.2) is 9.98 Å². The normalized spacial score (nSPS) is 21.8. The van der Waals surface area contributed by atoms with E-state index in [1.165, 1.54) is 0 Å². The summed E-state index contributed by atoms with van der Waals surface area (Å²) >= 11 is 0. The molecule has 0 saturated carbocycles. The molecule has 0 spiro atoms. The van der Waals surface area contributed by atoms with E-state index in [0.29, 0.717) is 5.92 Å². The topological polar surface area (TPSA) is 48.8 Å². The van der Waals surface area contributed by atoms with Gasteiger partial charge in [-0.2, -0.15) is 0 Å². The molecule has 0 aromatic heterocycles. The van der Waals surface area contributed by atoms with Crippen molar-refractivity contribution in [3.8, 4) is 0 Å². The highest BCUT2D eigenvalue weighted by Gasteiger charge is 2.20. The van der Waals surface area contributed by atoms with Gasteiger partial charge >= 0.3 is 0 Å². The van der Waals surface area contributed by atoms with Gasteiger partial charge in [0.15, 0.2) is 0 Å². The van der Waals surface area contributed by atoms with Gasteiger partial charge in [0.1, 0.15) is 11.7 Å². The lowest BCUT2D eigenvalue weighted by molar-refractivity contribution is 0.895. The molecule has 0 atom stereocenters. The smallest absolute Gasteiger partial charge is 0.107 e. The maximum atomic E-state index is 4.36. The van der Waals surface area contributed by atoms with Gasteiger partial charge in [-0.05, 0) is 6.92 Å². The first-order valence-electron chi connectivity index (χ1n) is 4.44. The van der Waals surface area contributed by atoms with E-state index < -0.39 is 0 Å². The summed E-state index contributed by atoms with van der Waals surface area (Å²) in [5.74, 6) is 2.50. The Morgan fingerprint density at radius 3 is 1.92 bits per heavy atom. The molecule has 2 aliphatic rings. The summed E-state index contributed by atoms with van der Waals surface area (Å²) in [7, 11) is 0. The van der Waals surface area contributed by atoms with Crippen molar-refractivity contribution in [2.24, 2.45) is 15.9 Å². The van der Waals surface area contributed by atoms with Gasteiger partial charge in [0, 0.05) is 13.1 Å². The predicted molar refractivity (Wildman–Crippen MR) is 49.8 cm³/mol. The number of aliphatic imine (C=N–C) groups is 2. The van der Waals surface area contributed by atoms with E-state index in [4.69, 9.17) is 0 Å². The zero-order valence-electron chi connectivity index (χ0n) is 7.30. The van der Waals surface area contributed by atoms with Crippen LogP contribution in [0.5, 0.6) is 0 Å². The molecule has 0 radical (unpaired) electrons. The second-order valence-electron chi connectivity index (χ2n) is 3.11. The molecule has 12 heavy (non-hydrogen) atoms. The minimum absolute atomic E-state index is 0.329. The molecule has 2 N–H and O–H groups in total. The third kappa shape index (κ3) is 1.29. The molecular formula is C8H14N4. The quantitative estimate of drug-likeness (QED) is 0.588. The maximum absolute atomic E-state index is 4.36. The van der Waals surface area contributed by atoms with Gasteiger partial charge in [0.2, 0.25) is 0 Å². The molecule has 2 rings (SSSR count). The van der Waals surface area contributed by atoms with Crippen molar-refractivity contribution in [3.05, 3.63) is 0 Å². The van der Waals surface area contributed by atoms with Crippen LogP contribution < -0.4 is 10.6 Å². The Balaban J connectivity index is 2.03. The lowest BCUT2D eigenvalue weighted by atomic mass is 10.1. The molecule has 2 aliphatic heterocycles. The van der Waals surface area contributed by atoms with Gasteiger partial charge in [-0.3, -0.25) is 9.98 Å². The summed E-state index contributed by atoms with van der Waals surface area (Å²) in [5.41, 5.74) is 0. The fourth-order valence-electron chi connectivity index (χ4n) is 1.54. The first-order valence-corrected chi connectivity index (χ1v) is 4.44. The van der Waals surface area contributed by atoms with Gasteiger partial charge in [-0.25, -0.2) is 0 Å². The molecule has 0 amide bonds. The van der Waals surface area contributed by atoms with Gasteiger partial charge in [0.25, 0.3) is 0 Å². The first-order chi connectivity index (χ1) is 5.88. The zero-order valence-corrected chi connectivity index (χ0v) is 7.30. The monoisotopic (exact) mass is 166 g/mol. The third-order valence-electron chi connectivity index (χ3n) is 2.22. The Labute approximate surface area is 72.2 Å². The highest BCUT2D eigenvalue weighted by Crippen LogP contribution is 2.04. The second-order valence-corrected chi connectivity index (χ2v) is 3.11. The minimum Gasteiger partial charge on any atom is -0.371 e. The summed E-state index contributed by atoms with van der Waals surface area (Å²) in [6, 6.07) is 0. The fourth-order valence-corrected chi connectivity index (χ4v) is 1.54. The Hall–Kier alpha value is -1.06. The molecule has 2 heterocycles. The van der Waals surface area contributed by atoms with Crippen LogP contribution in [0, 0.1) is 5.92 Å². The number of hydrogen-bond acceptors (Lipinski definition) is 4. The molecule has 4 nitrogen and oxygen atoms in total.